The Morgan fingerprint density at radius 2 is 1.71 bits per heavy atom. The van der Waals surface area contributed by atoms with E-state index < -0.39 is 15.9 Å². The van der Waals surface area contributed by atoms with Crippen molar-refractivity contribution in [3.05, 3.63) is 29.8 Å². The fourth-order valence-corrected chi connectivity index (χ4v) is 2.17. The molecule has 0 saturated heterocycles. The van der Waals surface area contributed by atoms with Gasteiger partial charge in [-0.15, -0.1) is 0 Å². The van der Waals surface area contributed by atoms with E-state index in [4.69, 9.17) is 0 Å². The second kappa shape index (κ2) is 5.12. The van der Waals surface area contributed by atoms with Gasteiger partial charge in [0.25, 0.3) is 10.0 Å². The summed E-state index contributed by atoms with van der Waals surface area (Å²) in [5, 5.41) is 10.9. The van der Waals surface area contributed by atoms with Crippen molar-refractivity contribution in [2.75, 3.05) is 0 Å². The molecule has 0 aliphatic carbocycles. The van der Waals surface area contributed by atoms with Gasteiger partial charge in [-0.1, -0.05) is 18.2 Å². The second-order valence-electron chi connectivity index (χ2n) is 2.37. The van der Waals surface area contributed by atoms with Crippen molar-refractivity contribution in [1.29, 1.82) is 0 Å². The van der Waals surface area contributed by atoms with E-state index in [1.807, 2.05) is 0 Å². The monoisotopic (exact) mass is 228 g/mol. The number of sulfonamides is 1. The quantitative estimate of drug-likeness (QED) is 0.415. The molecule has 0 unspecified atom stereocenters. The molecule has 1 aromatic carbocycles. The van der Waals surface area contributed by atoms with E-state index in [2.05, 4.69) is 4.40 Å². The molecule has 2 rings (SSSR count). The van der Waals surface area contributed by atoms with Crippen molar-refractivity contribution < 1.29 is 72.6 Å². The van der Waals surface area contributed by atoms with E-state index in [1.165, 1.54) is 12.1 Å². The predicted octanol–water partition coefficient (Wildman–Crippen LogP) is -6.50. The maximum absolute atomic E-state index is 11.1. The average Bonchev–Trinajstić information content (AvgIpc) is 2.25. The molecule has 1 aromatic rings. The Hall–Kier alpha value is 0.640. The Labute approximate surface area is 126 Å². The first-order chi connectivity index (χ1) is 5.61. The maximum atomic E-state index is 11.1. The first-order valence-electron chi connectivity index (χ1n) is 3.23. The molecule has 1 aliphatic heterocycles. The van der Waals surface area contributed by atoms with Crippen molar-refractivity contribution in [3.63, 3.8) is 0 Å². The molecule has 1 heterocycles. The zero-order chi connectivity index (χ0) is 8.77. The molecule has 7 heteroatoms. The third kappa shape index (κ3) is 2.41. The third-order valence-corrected chi connectivity index (χ3v) is 2.92. The van der Waals surface area contributed by atoms with E-state index in [-0.39, 0.29) is 69.6 Å². The summed E-state index contributed by atoms with van der Waals surface area (Å²) in [5.41, 5.74) is 0.164. The van der Waals surface area contributed by atoms with Crippen molar-refractivity contribution in [2.45, 2.75) is 4.90 Å². The largest absolute Gasteiger partial charge is 1.00 e. The van der Waals surface area contributed by atoms with Gasteiger partial charge in [0, 0.05) is 11.5 Å². The molecule has 0 fully saturated rings. The van der Waals surface area contributed by atoms with E-state index in [1.54, 1.807) is 12.1 Å². The van der Waals surface area contributed by atoms with E-state index in [9.17, 15) is 13.5 Å². The molecule has 0 amide bonds. The molecule has 62 valence electrons. The van der Waals surface area contributed by atoms with Crippen molar-refractivity contribution in [1.82, 2.24) is 0 Å². The minimum atomic E-state index is -3.68. The normalized spacial score (nSPS) is 15.9. The minimum absolute atomic E-state index is 0. The average molecular weight is 228 g/mol. The molecule has 0 saturated carbocycles. The van der Waals surface area contributed by atoms with Crippen molar-refractivity contribution >= 4 is 15.9 Å². The van der Waals surface area contributed by atoms with Gasteiger partial charge in [-0.2, -0.15) is 12.8 Å². The van der Waals surface area contributed by atoms with Crippen LogP contribution in [-0.4, -0.2) is 14.3 Å². The summed E-state index contributed by atoms with van der Waals surface area (Å²) in [6.07, 6.45) is 0. The Bertz CT molecular complexity index is 470. The van der Waals surface area contributed by atoms with Crippen LogP contribution in [0.25, 0.3) is 0 Å². The first kappa shape index (κ1) is 14.6. The number of nitrogens with zero attached hydrogens (tertiary/aromatic N) is 1. The van der Waals surface area contributed by atoms with E-state index >= 15 is 0 Å². The third-order valence-electron chi connectivity index (χ3n) is 1.60. The molecule has 0 atom stereocenters. The molecule has 14 heavy (non-hydrogen) atoms. The number of hydrogen-bond acceptors (Lipinski definition) is 3. The summed E-state index contributed by atoms with van der Waals surface area (Å²) >= 11 is 0. The van der Waals surface area contributed by atoms with Crippen LogP contribution in [-0.2, 0) is 10.0 Å². The van der Waals surface area contributed by atoms with Crippen LogP contribution in [0.3, 0.4) is 0 Å². The van der Waals surface area contributed by atoms with Gasteiger partial charge in [0.2, 0.25) is 0 Å². The van der Waals surface area contributed by atoms with Gasteiger partial charge < -0.3 is 5.11 Å². The van der Waals surface area contributed by atoms with Crippen LogP contribution in [0.1, 0.15) is 5.56 Å². The van der Waals surface area contributed by atoms with Crippen LogP contribution < -0.4 is 64.2 Å². The molecule has 0 bridgehead atoms. The van der Waals surface area contributed by atoms with Gasteiger partial charge in [-0.25, -0.2) is 0 Å². The van der Waals surface area contributed by atoms with Gasteiger partial charge >= 0.3 is 59.1 Å². The summed E-state index contributed by atoms with van der Waals surface area (Å²) in [4.78, 5) is 0.00926. The molecule has 0 spiro atoms. The van der Waals surface area contributed by atoms with Crippen LogP contribution >= 0.6 is 0 Å². The van der Waals surface area contributed by atoms with Gasteiger partial charge in [-0.3, -0.25) is 0 Å². The Kier molecular flexibility index (Phi) is 5.35. The van der Waals surface area contributed by atoms with Gasteiger partial charge in [0.05, 0.1) is 4.90 Å². The van der Waals surface area contributed by atoms with Gasteiger partial charge in [-0.05, 0) is 6.07 Å². The smallest absolute Gasteiger partial charge is 0.858 e. The van der Waals surface area contributed by atoms with Crippen molar-refractivity contribution in [3.8, 4) is 0 Å². The van der Waals surface area contributed by atoms with Gasteiger partial charge in [0.1, 0.15) is 0 Å². The Balaban J connectivity index is 0.000000845. The summed E-state index contributed by atoms with van der Waals surface area (Å²) < 4.78 is 25.2. The number of benzene rings is 1. The fraction of sp³-hybridized carbons (Fsp3) is 0. The molecule has 0 radical (unpaired) electrons. The van der Waals surface area contributed by atoms with Crippen LogP contribution in [0.4, 0.5) is 0 Å². The molecule has 1 aliphatic rings. The molecular formula is C7H4NNa2O3S+. The fourth-order valence-electron chi connectivity index (χ4n) is 1.08. The maximum Gasteiger partial charge on any atom is 1.00 e. The van der Waals surface area contributed by atoms with E-state index in [0.717, 1.165) is 0 Å². The molecule has 0 N–H and O–H groups in total. The van der Waals surface area contributed by atoms with Gasteiger partial charge in [0.15, 0.2) is 0 Å². The summed E-state index contributed by atoms with van der Waals surface area (Å²) in [7, 11) is -3.68. The number of fused-ring (bicyclic) bond motifs is 1. The summed E-state index contributed by atoms with van der Waals surface area (Å²) in [6, 6.07) is 5.99. The summed E-state index contributed by atoms with van der Waals surface area (Å²) in [5.74, 6) is -0.675. The first-order valence-corrected chi connectivity index (χ1v) is 4.67. The SMILES string of the molecule is O=S1(=O)N=C([O-])c2ccccc21.[Na+].[Na+]. The number of hydrogen-bond donors (Lipinski definition) is 0. The zero-order valence-electron chi connectivity index (χ0n) is 7.89. The predicted molar refractivity (Wildman–Crippen MR) is 40.2 cm³/mol. The van der Waals surface area contributed by atoms with Crippen molar-refractivity contribution in [2.24, 2.45) is 4.40 Å². The van der Waals surface area contributed by atoms with Crippen LogP contribution in [0, 0.1) is 0 Å². The summed E-state index contributed by atoms with van der Waals surface area (Å²) in [6.45, 7) is 0. The molecule has 4 nitrogen and oxygen atoms in total. The van der Waals surface area contributed by atoms with Crippen LogP contribution in [0.2, 0.25) is 0 Å². The van der Waals surface area contributed by atoms with Crippen LogP contribution in [0.5, 0.6) is 0 Å². The topological polar surface area (TPSA) is 69.6 Å². The molecular weight excluding hydrogens is 224 g/mol. The Morgan fingerprint density at radius 3 is 2.29 bits per heavy atom. The minimum Gasteiger partial charge on any atom is -0.858 e. The standard InChI is InChI=1S/C7H5NO3S.2Na/c9-7-5-3-1-2-4-6(5)12(10,11)8-7;;/h1-4H,(H,8,9);;/q;2*+1/p-1. The zero-order valence-corrected chi connectivity index (χ0v) is 12.7. The molecule has 0 aromatic heterocycles. The Morgan fingerprint density at radius 1 is 1.14 bits per heavy atom. The second-order valence-corrected chi connectivity index (χ2v) is 3.94. The number of rotatable bonds is 0. The van der Waals surface area contributed by atoms with E-state index in [0.29, 0.717) is 0 Å². The van der Waals surface area contributed by atoms with Crippen LogP contribution in [0.15, 0.2) is 33.6 Å².